The van der Waals surface area contributed by atoms with Gasteiger partial charge in [0.2, 0.25) is 0 Å². The van der Waals surface area contributed by atoms with Crippen molar-refractivity contribution in [1.29, 1.82) is 0 Å². The van der Waals surface area contributed by atoms with E-state index in [9.17, 15) is 0 Å². The number of hydrogen-bond donors (Lipinski definition) is 2. The Kier molecular flexibility index (Phi) is 4.26. The van der Waals surface area contributed by atoms with E-state index < -0.39 is 0 Å². The van der Waals surface area contributed by atoms with Crippen molar-refractivity contribution < 1.29 is 9.84 Å². The summed E-state index contributed by atoms with van der Waals surface area (Å²) in [5.41, 5.74) is 4.51. The van der Waals surface area contributed by atoms with Crippen LogP contribution in [0.3, 0.4) is 0 Å². The van der Waals surface area contributed by atoms with Gasteiger partial charge in [-0.3, -0.25) is 5.43 Å². The molecule has 0 aliphatic rings. The molecule has 0 aliphatic carbocycles. The highest BCUT2D eigenvalue weighted by Crippen LogP contribution is 2.27. The lowest BCUT2D eigenvalue weighted by Gasteiger charge is -2.05. The van der Waals surface area contributed by atoms with Gasteiger partial charge in [0.05, 0.1) is 24.0 Å². The van der Waals surface area contributed by atoms with Crippen LogP contribution < -0.4 is 10.2 Å². The van der Waals surface area contributed by atoms with Crippen molar-refractivity contribution >= 4 is 23.5 Å². The molecule has 0 aliphatic heterocycles. The fraction of sp³-hybridized carbons (Fsp3) is 0.0714. The minimum absolute atomic E-state index is 0.229. The molecule has 2 rings (SSSR count). The number of methoxy groups -OCH3 is 1. The first-order chi connectivity index (χ1) is 9.19. The Balaban J connectivity index is 2.02. The summed E-state index contributed by atoms with van der Waals surface area (Å²) in [6, 6.07) is 12.0. The van der Waals surface area contributed by atoms with Gasteiger partial charge in [-0.05, 0) is 48.0 Å². The van der Waals surface area contributed by atoms with Gasteiger partial charge in [0.15, 0.2) is 0 Å². The summed E-state index contributed by atoms with van der Waals surface area (Å²) >= 11 is 6.00. The smallest absolute Gasteiger partial charge is 0.137 e. The summed E-state index contributed by atoms with van der Waals surface area (Å²) in [7, 11) is 1.57. The third-order valence-corrected chi connectivity index (χ3v) is 2.75. The van der Waals surface area contributed by atoms with E-state index in [0.29, 0.717) is 10.8 Å². The zero-order chi connectivity index (χ0) is 13.7. The Morgan fingerprint density at radius 2 is 1.95 bits per heavy atom. The number of aromatic hydroxyl groups is 1. The number of nitrogens with one attached hydrogen (secondary N) is 1. The molecule has 0 unspecified atom stereocenters. The number of rotatable bonds is 4. The fourth-order valence-corrected chi connectivity index (χ4v) is 1.74. The van der Waals surface area contributed by atoms with Gasteiger partial charge in [-0.15, -0.1) is 0 Å². The van der Waals surface area contributed by atoms with Crippen molar-refractivity contribution in [1.82, 2.24) is 0 Å². The van der Waals surface area contributed by atoms with Crippen LogP contribution in [0.2, 0.25) is 5.02 Å². The van der Waals surface area contributed by atoms with E-state index in [1.54, 1.807) is 49.7 Å². The average Bonchev–Trinajstić information content (AvgIpc) is 2.41. The summed E-state index contributed by atoms with van der Waals surface area (Å²) in [5.74, 6) is 0.849. The number of nitrogens with zero attached hydrogens (tertiary/aromatic N) is 1. The van der Waals surface area contributed by atoms with E-state index in [0.717, 1.165) is 11.3 Å². The minimum Gasteiger partial charge on any atom is -0.508 e. The van der Waals surface area contributed by atoms with Crippen LogP contribution in [-0.4, -0.2) is 18.4 Å². The molecule has 0 saturated heterocycles. The van der Waals surface area contributed by atoms with Crippen molar-refractivity contribution in [3.8, 4) is 11.5 Å². The van der Waals surface area contributed by atoms with Crippen LogP contribution in [0.25, 0.3) is 0 Å². The molecular formula is C14H13ClN2O2. The monoisotopic (exact) mass is 276 g/mol. The normalized spacial score (nSPS) is 10.6. The van der Waals surface area contributed by atoms with Gasteiger partial charge in [-0.1, -0.05) is 11.6 Å². The Morgan fingerprint density at radius 1 is 1.21 bits per heavy atom. The third-order valence-electron chi connectivity index (χ3n) is 2.45. The first-order valence-electron chi connectivity index (χ1n) is 5.60. The molecule has 0 atom stereocenters. The van der Waals surface area contributed by atoms with Crippen LogP contribution in [0.1, 0.15) is 5.56 Å². The summed E-state index contributed by atoms with van der Waals surface area (Å²) in [6.45, 7) is 0. The summed E-state index contributed by atoms with van der Waals surface area (Å²) < 4.78 is 5.06. The van der Waals surface area contributed by atoms with Gasteiger partial charge < -0.3 is 9.84 Å². The topological polar surface area (TPSA) is 53.8 Å². The molecule has 0 bridgehead atoms. The fourth-order valence-electron chi connectivity index (χ4n) is 1.48. The standard InChI is InChI=1S/C14H13ClN2O2/c1-19-14-7-4-11(8-13(14)15)17-16-9-10-2-5-12(18)6-3-10/h2-9,17-18H,1H3/b16-9+. The molecular weight excluding hydrogens is 264 g/mol. The maximum atomic E-state index is 9.15. The van der Waals surface area contributed by atoms with Crippen molar-refractivity contribution in [3.63, 3.8) is 0 Å². The molecule has 98 valence electrons. The molecule has 0 aromatic heterocycles. The molecule has 0 amide bonds. The maximum Gasteiger partial charge on any atom is 0.137 e. The lowest BCUT2D eigenvalue weighted by molar-refractivity contribution is 0.415. The second kappa shape index (κ2) is 6.11. The highest BCUT2D eigenvalue weighted by atomic mass is 35.5. The van der Waals surface area contributed by atoms with Crippen molar-refractivity contribution in [3.05, 3.63) is 53.1 Å². The van der Waals surface area contributed by atoms with E-state index in [1.165, 1.54) is 0 Å². The first kappa shape index (κ1) is 13.2. The van der Waals surface area contributed by atoms with Crippen molar-refractivity contribution in [2.75, 3.05) is 12.5 Å². The molecule has 5 heteroatoms. The predicted octanol–water partition coefficient (Wildman–Crippen LogP) is 3.50. The van der Waals surface area contributed by atoms with E-state index in [-0.39, 0.29) is 5.75 Å². The van der Waals surface area contributed by atoms with E-state index in [2.05, 4.69) is 10.5 Å². The maximum absolute atomic E-state index is 9.15. The Bertz CT molecular complexity index is 582. The number of hydrazone groups is 1. The summed E-state index contributed by atoms with van der Waals surface area (Å²) in [5, 5.41) is 13.8. The molecule has 0 spiro atoms. The van der Waals surface area contributed by atoms with Crippen LogP contribution in [0.15, 0.2) is 47.6 Å². The number of anilines is 1. The van der Waals surface area contributed by atoms with Crippen molar-refractivity contribution in [2.45, 2.75) is 0 Å². The van der Waals surface area contributed by atoms with Gasteiger partial charge in [0.25, 0.3) is 0 Å². The van der Waals surface area contributed by atoms with Gasteiger partial charge >= 0.3 is 0 Å². The lowest BCUT2D eigenvalue weighted by Crippen LogP contribution is -1.91. The number of hydrogen-bond acceptors (Lipinski definition) is 4. The van der Waals surface area contributed by atoms with E-state index in [4.69, 9.17) is 21.4 Å². The van der Waals surface area contributed by atoms with Crippen molar-refractivity contribution in [2.24, 2.45) is 5.10 Å². The van der Waals surface area contributed by atoms with E-state index >= 15 is 0 Å². The number of phenolic OH excluding ortho intramolecular Hbond substituents is 1. The average molecular weight is 277 g/mol. The van der Waals surface area contributed by atoms with Crippen LogP contribution in [0.4, 0.5) is 5.69 Å². The number of halogens is 1. The first-order valence-corrected chi connectivity index (χ1v) is 5.98. The molecule has 0 fully saturated rings. The summed E-state index contributed by atoms with van der Waals surface area (Å²) in [6.07, 6.45) is 1.65. The zero-order valence-electron chi connectivity index (χ0n) is 10.3. The van der Waals surface area contributed by atoms with Crippen LogP contribution in [0.5, 0.6) is 11.5 Å². The molecule has 2 aromatic carbocycles. The largest absolute Gasteiger partial charge is 0.508 e. The van der Waals surface area contributed by atoms with Crippen LogP contribution in [0, 0.1) is 0 Å². The second-order valence-corrected chi connectivity index (χ2v) is 4.22. The molecule has 0 heterocycles. The third kappa shape index (κ3) is 3.63. The molecule has 2 N–H and O–H groups in total. The Hall–Kier alpha value is -2.20. The number of benzene rings is 2. The van der Waals surface area contributed by atoms with Gasteiger partial charge in [-0.25, -0.2) is 0 Å². The van der Waals surface area contributed by atoms with E-state index in [1.807, 2.05) is 6.07 Å². The highest BCUT2D eigenvalue weighted by molar-refractivity contribution is 6.32. The summed E-state index contributed by atoms with van der Waals surface area (Å²) in [4.78, 5) is 0. The molecule has 0 saturated carbocycles. The quantitative estimate of drug-likeness (QED) is 0.664. The van der Waals surface area contributed by atoms with Gasteiger partial charge in [0, 0.05) is 0 Å². The SMILES string of the molecule is COc1ccc(N/N=C/c2ccc(O)cc2)cc1Cl. The highest BCUT2D eigenvalue weighted by Gasteiger charge is 2.00. The van der Waals surface area contributed by atoms with Gasteiger partial charge in [-0.2, -0.15) is 5.10 Å². The van der Waals surface area contributed by atoms with Crippen LogP contribution in [-0.2, 0) is 0 Å². The van der Waals surface area contributed by atoms with Gasteiger partial charge in [0.1, 0.15) is 11.5 Å². The zero-order valence-corrected chi connectivity index (χ0v) is 11.1. The molecule has 0 radical (unpaired) electrons. The van der Waals surface area contributed by atoms with Crippen LogP contribution >= 0.6 is 11.6 Å². The number of phenols is 1. The molecule has 4 nitrogen and oxygen atoms in total. The lowest BCUT2D eigenvalue weighted by atomic mass is 10.2. The number of ether oxygens (including phenoxy) is 1. The predicted molar refractivity (Wildman–Crippen MR) is 77.3 cm³/mol. The Morgan fingerprint density at radius 3 is 2.58 bits per heavy atom. The molecule has 19 heavy (non-hydrogen) atoms. The molecule has 2 aromatic rings. The second-order valence-electron chi connectivity index (χ2n) is 3.81. The Labute approximate surface area is 116 Å². The minimum atomic E-state index is 0.229.